The molecular weight excluding hydrogens is 296 g/mol. The lowest BCUT2D eigenvalue weighted by Crippen LogP contribution is -2.38. The van der Waals surface area contributed by atoms with Crippen molar-refractivity contribution in [2.24, 2.45) is 5.73 Å². The van der Waals surface area contributed by atoms with E-state index in [1.54, 1.807) is 18.2 Å². The minimum atomic E-state index is -0.653. The SMILES string of the molecule is CCC(N)(Cc1ccc(Cl)cc1Cl)c1cccc(F)c1. The van der Waals surface area contributed by atoms with Gasteiger partial charge in [0.1, 0.15) is 5.82 Å². The second-order valence-corrected chi connectivity index (χ2v) is 5.78. The molecule has 0 amide bonds. The second kappa shape index (κ2) is 6.13. The average Bonchev–Trinajstić information content (AvgIpc) is 2.42. The van der Waals surface area contributed by atoms with Gasteiger partial charge >= 0.3 is 0 Å². The van der Waals surface area contributed by atoms with Crippen LogP contribution in [0.15, 0.2) is 42.5 Å². The summed E-state index contributed by atoms with van der Waals surface area (Å²) >= 11 is 12.1. The molecule has 2 rings (SSSR count). The van der Waals surface area contributed by atoms with Crippen molar-refractivity contribution in [1.82, 2.24) is 0 Å². The summed E-state index contributed by atoms with van der Waals surface area (Å²) < 4.78 is 13.4. The third-order valence-corrected chi connectivity index (χ3v) is 4.14. The zero-order chi connectivity index (χ0) is 14.8. The zero-order valence-corrected chi connectivity index (χ0v) is 12.7. The third-order valence-electron chi connectivity index (χ3n) is 3.55. The number of hydrogen-bond acceptors (Lipinski definition) is 1. The van der Waals surface area contributed by atoms with Crippen LogP contribution in [0.3, 0.4) is 0 Å². The van der Waals surface area contributed by atoms with Gasteiger partial charge in [0.2, 0.25) is 0 Å². The van der Waals surface area contributed by atoms with Gasteiger partial charge < -0.3 is 5.73 Å². The van der Waals surface area contributed by atoms with E-state index >= 15 is 0 Å². The van der Waals surface area contributed by atoms with Crippen molar-refractivity contribution in [2.75, 3.05) is 0 Å². The van der Waals surface area contributed by atoms with Crippen molar-refractivity contribution in [2.45, 2.75) is 25.3 Å². The number of halogens is 3. The van der Waals surface area contributed by atoms with Gasteiger partial charge in [-0.15, -0.1) is 0 Å². The van der Waals surface area contributed by atoms with Crippen LogP contribution in [0.2, 0.25) is 10.0 Å². The van der Waals surface area contributed by atoms with Gasteiger partial charge in [0.25, 0.3) is 0 Å². The first kappa shape index (κ1) is 15.3. The summed E-state index contributed by atoms with van der Waals surface area (Å²) in [5, 5.41) is 1.17. The predicted octanol–water partition coefficient (Wildman–Crippen LogP) is 4.94. The summed E-state index contributed by atoms with van der Waals surface area (Å²) in [6.07, 6.45) is 1.21. The Balaban J connectivity index is 2.36. The lowest BCUT2D eigenvalue weighted by Gasteiger charge is -2.29. The highest BCUT2D eigenvalue weighted by molar-refractivity contribution is 6.35. The van der Waals surface area contributed by atoms with Crippen molar-refractivity contribution in [3.8, 4) is 0 Å². The van der Waals surface area contributed by atoms with E-state index in [1.165, 1.54) is 12.1 Å². The monoisotopic (exact) mass is 311 g/mol. The van der Waals surface area contributed by atoms with E-state index in [4.69, 9.17) is 28.9 Å². The Kier molecular flexibility index (Phi) is 4.69. The summed E-state index contributed by atoms with van der Waals surface area (Å²) in [5.41, 5.74) is 7.49. The summed E-state index contributed by atoms with van der Waals surface area (Å²) in [4.78, 5) is 0. The Bertz CT molecular complexity index is 615. The van der Waals surface area contributed by atoms with Crippen molar-refractivity contribution < 1.29 is 4.39 Å². The molecule has 2 N–H and O–H groups in total. The Morgan fingerprint density at radius 3 is 2.50 bits per heavy atom. The van der Waals surface area contributed by atoms with Gasteiger partial charge in [-0.3, -0.25) is 0 Å². The maximum Gasteiger partial charge on any atom is 0.123 e. The van der Waals surface area contributed by atoms with Crippen LogP contribution in [0.4, 0.5) is 4.39 Å². The number of rotatable bonds is 4. The van der Waals surface area contributed by atoms with Crippen LogP contribution < -0.4 is 5.73 Å². The van der Waals surface area contributed by atoms with Gasteiger partial charge in [-0.2, -0.15) is 0 Å². The highest BCUT2D eigenvalue weighted by Crippen LogP contribution is 2.31. The van der Waals surface area contributed by atoms with Gasteiger partial charge in [-0.05, 0) is 48.2 Å². The molecule has 0 saturated heterocycles. The molecule has 1 nitrogen and oxygen atoms in total. The zero-order valence-electron chi connectivity index (χ0n) is 11.2. The summed E-state index contributed by atoms with van der Waals surface area (Å²) in [6.45, 7) is 1.98. The molecule has 0 aliphatic carbocycles. The van der Waals surface area contributed by atoms with Crippen molar-refractivity contribution in [1.29, 1.82) is 0 Å². The van der Waals surface area contributed by atoms with Crippen molar-refractivity contribution >= 4 is 23.2 Å². The van der Waals surface area contributed by atoms with E-state index in [9.17, 15) is 4.39 Å². The minimum absolute atomic E-state index is 0.284. The molecular formula is C16H16Cl2FN. The van der Waals surface area contributed by atoms with Crippen molar-refractivity contribution in [3.63, 3.8) is 0 Å². The van der Waals surface area contributed by atoms with E-state index in [0.29, 0.717) is 22.9 Å². The summed E-state index contributed by atoms with van der Waals surface area (Å²) in [7, 11) is 0. The van der Waals surface area contributed by atoms with E-state index in [0.717, 1.165) is 11.1 Å². The molecule has 1 atom stereocenters. The topological polar surface area (TPSA) is 26.0 Å². The van der Waals surface area contributed by atoms with Crippen LogP contribution >= 0.6 is 23.2 Å². The quantitative estimate of drug-likeness (QED) is 0.850. The molecule has 0 aromatic heterocycles. The van der Waals surface area contributed by atoms with Gasteiger partial charge in [0.05, 0.1) is 0 Å². The van der Waals surface area contributed by atoms with Crippen LogP contribution in [0, 0.1) is 5.82 Å². The van der Waals surface area contributed by atoms with Crippen LogP contribution in [-0.4, -0.2) is 0 Å². The minimum Gasteiger partial charge on any atom is -0.321 e. The first-order chi connectivity index (χ1) is 9.44. The lowest BCUT2D eigenvalue weighted by molar-refractivity contribution is 0.422. The van der Waals surface area contributed by atoms with Gasteiger partial charge in [0.15, 0.2) is 0 Å². The van der Waals surface area contributed by atoms with E-state index in [1.807, 2.05) is 19.1 Å². The Hall–Kier alpha value is -1.09. The van der Waals surface area contributed by atoms with Crippen molar-refractivity contribution in [3.05, 3.63) is 69.5 Å². The second-order valence-electron chi connectivity index (χ2n) is 4.93. The Labute approximate surface area is 128 Å². The molecule has 0 heterocycles. The van der Waals surface area contributed by atoms with Crippen LogP contribution in [0.25, 0.3) is 0 Å². The maximum atomic E-state index is 13.4. The first-order valence-corrected chi connectivity index (χ1v) is 7.19. The standard InChI is InChI=1S/C16H16Cl2FN/c1-2-16(20,12-4-3-5-14(19)8-12)10-11-6-7-13(17)9-15(11)18/h3-9H,2,10,20H2,1H3. The molecule has 0 aliphatic rings. The lowest BCUT2D eigenvalue weighted by atomic mass is 9.82. The number of benzene rings is 2. The third kappa shape index (κ3) is 3.32. The van der Waals surface area contributed by atoms with Crippen LogP contribution in [-0.2, 0) is 12.0 Å². The van der Waals surface area contributed by atoms with E-state index in [-0.39, 0.29) is 5.82 Å². The van der Waals surface area contributed by atoms with E-state index < -0.39 is 5.54 Å². The van der Waals surface area contributed by atoms with Crippen LogP contribution in [0.5, 0.6) is 0 Å². The molecule has 106 valence electrons. The first-order valence-electron chi connectivity index (χ1n) is 6.43. The number of nitrogens with two attached hydrogens (primary N) is 1. The molecule has 0 bridgehead atoms. The van der Waals surface area contributed by atoms with Gasteiger partial charge in [-0.25, -0.2) is 4.39 Å². The molecule has 2 aromatic carbocycles. The smallest absolute Gasteiger partial charge is 0.123 e. The Morgan fingerprint density at radius 2 is 1.90 bits per heavy atom. The van der Waals surface area contributed by atoms with Crippen LogP contribution in [0.1, 0.15) is 24.5 Å². The van der Waals surface area contributed by atoms with E-state index in [2.05, 4.69) is 0 Å². The molecule has 0 radical (unpaired) electrons. The van der Waals surface area contributed by atoms with Gasteiger partial charge in [0, 0.05) is 15.6 Å². The molecule has 20 heavy (non-hydrogen) atoms. The highest BCUT2D eigenvalue weighted by Gasteiger charge is 2.27. The molecule has 0 spiro atoms. The Morgan fingerprint density at radius 1 is 1.15 bits per heavy atom. The molecule has 0 aliphatic heterocycles. The average molecular weight is 312 g/mol. The fourth-order valence-corrected chi connectivity index (χ4v) is 2.71. The number of hydrogen-bond donors (Lipinski definition) is 1. The highest BCUT2D eigenvalue weighted by atomic mass is 35.5. The fourth-order valence-electron chi connectivity index (χ4n) is 2.23. The summed E-state index contributed by atoms with van der Waals surface area (Å²) in [5.74, 6) is -0.284. The molecule has 4 heteroatoms. The molecule has 0 saturated carbocycles. The molecule has 1 unspecified atom stereocenters. The largest absolute Gasteiger partial charge is 0.321 e. The summed E-state index contributed by atoms with van der Waals surface area (Å²) in [6, 6.07) is 11.7. The maximum absolute atomic E-state index is 13.4. The molecule has 0 fully saturated rings. The van der Waals surface area contributed by atoms with Gasteiger partial charge in [-0.1, -0.05) is 48.3 Å². The predicted molar refractivity (Wildman–Crippen MR) is 82.7 cm³/mol. The normalized spacial score (nSPS) is 14.1. The molecule has 2 aromatic rings. The fraction of sp³-hybridized carbons (Fsp3) is 0.250.